The largest absolute Gasteiger partial charge is 0.480 e. The van der Waals surface area contributed by atoms with Gasteiger partial charge in [-0.3, -0.25) is 14.5 Å². The van der Waals surface area contributed by atoms with Gasteiger partial charge in [-0.15, -0.1) is 0 Å². The van der Waals surface area contributed by atoms with Gasteiger partial charge in [0.05, 0.1) is 11.4 Å². The molecule has 0 aromatic heterocycles. The highest BCUT2D eigenvalue weighted by molar-refractivity contribution is 7.89. The maximum absolute atomic E-state index is 12.6. The molecule has 2 N–H and O–H groups in total. The second kappa shape index (κ2) is 8.37. The first-order valence-corrected chi connectivity index (χ1v) is 10.7. The van der Waals surface area contributed by atoms with E-state index in [1.165, 1.54) is 16.4 Å². The predicted octanol–water partition coefficient (Wildman–Crippen LogP) is 1.35. The van der Waals surface area contributed by atoms with Gasteiger partial charge < -0.3 is 10.4 Å². The van der Waals surface area contributed by atoms with Crippen molar-refractivity contribution in [1.82, 2.24) is 9.21 Å². The number of hydrogen-bond donors (Lipinski definition) is 2. The van der Waals surface area contributed by atoms with E-state index < -0.39 is 22.0 Å². The number of nitrogens with zero attached hydrogens (tertiary/aromatic N) is 2. The number of carboxylic acids is 1. The highest BCUT2D eigenvalue weighted by atomic mass is 32.2. The van der Waals surface area contributed by atoms with Crippen LogP contribution >= 0.6 is 0 Å². The second-order valence-electron chi connectivity index (χ2n) is 7.01. The fourth-order valence-electron chi connectivity index (χ4n) is 3.66. The standard InChI is InChI=1S/C18H25N3O5S/c22-17(13-20-9-2-1-8-16(20)18(23)24)19-14-6-5-7-15(12-14)27(25,26)21-10-3-4-11-21/h5-7,12,16H,1-4,8-11,13H2,(H,19,22)(H,23,24). The molecule has 2 heterocycles. The van der Waals surface area contributed by atoms with Gasteiger partial charge in [0.15, 0.2) is 0 Å². The number of piperidine rings is 1. The number of aliphatic carboxylic acids is 1. The zero-order valence-electron chi connectivity index (χ0n) is 15.1. The molecule has 1 amide bonds. The number of likely N-dealkylation sites (tertiary alicyclic amines) is 1. The predicted molar refractivity (Wildman–Crippen MR) is 99.9 cm³/mol. The monoisotopic (exact) mass is 395 g/mol. The molecule has 3 rings (SSSR count). The molecule has 0 aliphatic carbocycles. The Bertz CT molecular complexity index is 805. The number of carboxylic acid groups (broad SMARTS) is 1. The first kappa shape index (κ1) is 19.8. The average Bonchev–Trinajstić information content (AvgIpc) is 3.17. The van der Waals surface area contributed by atoms with Gasteiger partial charge in [-0.2, -0.15) is 4.31 Å². The fraction of sp³-hybridized carbons (Fsp3) is 0.556. The number of anilines is 1. The Morgan fingerprint density at radius 3 is 2.52 bits per heavy atom. The van der Waals surface area contributed by atoms with Crippen molar-refractivity contribution in [3.05, 3.63) is 24.3 Å². The molecule has 8 nitrogen and oxygen atoms in total. The van der Waals surface area contributed by atoms with Crippen molar-refractivity contribution in [3.8, 4) is 0 Å². The molecule has 2 aliphatic rings. The molecule has 0 radical (unpaired) electrons. The van der Waals surface area contributed by atoms with Crippen LogP contribution in [0.5, 0.6) is 0 Å². The van der Waals surface area contributed by atoms with E-state index in [0.717, 1.165) is 25.7 Å². The third-order valence-electron chi connectivity index (χ3n) is 5.07. The number of carbonyl (C=O) groups is 2. The smallest absolute Gasteiger partial charge is 0.320 e. The summed E-state index contributed by atoms with van der Waals surface area (Å²) in [6, 6.07) is 5.56. The Morgan fingerprint density at radius 2 is 1.81 bits per heavy atom. The van der Waals surface area contributed by atoms with Gasteiger partial charge in [0.2, 0.25) is 15.9 Å². The molecule has 148 valence electrons. The Balaban J connectivity index is 1.67. The summed E-state index contributed by atoms with van der Waals surface area (Å²) >= 11 is 0. The molecule has 0 spiro atoms. The van der Waals surface area contributed by atoms with Gasteiger partial charge in [0.25, 0.3) is 0 Å². The van der Waals surface area contributed by atoms with Crippen LogP contribution < -0.4 is 5.32 Å². The van der Waals surface area contributed by atoms with Crippen LogP contribution in [0.25, 0.3) is 0 Å². The van der Waals surface area contributed by atoms with E-state index in [0.29, 0.717) is 31.7 Å². The van der Waals surface area contributed by atoms with Crippen LogP contribution in [0, 0.1) is 0 Å². The SMILES string of the molecule is O=C(CN1CCCCC1C(=O)O)Nc1cccc(S(=O)(=O)N2CCCC2)c1. The van der Waals surface area contributed by atoms with Crippen molar-refractivity contribution in [2.45, 2.75) is 43.0 Å². The number of rotatable bonds is 6. The van der Waals surface area contributed by atoms with Gasteiger partial charge in [-0.05, 0) is 50.4 Å². The summed E-state index contributed by atoms with van der Waals surface area (Å²) in [5, 5.41) is 12.0. The topological polar surface area (TPSA) is 107 Å². The molecule has 0 bridgehead atoms. The molecule has 1 aromatic rings. The number of sulfonamides is 1. The molecule has 27 heavy (non-hydrogen) atoms. The average molecular weight is 395 g/mol. The molecule has 1 unspecified atom stereocenters. The molecule has 9 heteroatoms. The molecular weight excluding hydrogens is 370 g/mol. The normalized spacial score (nSPS) is 21.9. The van der Waals surface area contributed by atoms with Gasteiger partial charge in [0, 0.05) is 18.8 Å². The molecule has 1 atom stereocenters. The van der Waals surface area contributed by atoms with Crippen molar-refractivity contribution in [1.29, 1.82) is 0 Å². The highest BCUT2D eigenvalue weighted by Crippen LogP contribution is 2.23. The number of nitrogens with one attached hydrogen (secondary N) is 1. The molecule has 2 fully saturated rings. The molecule has 1 aromatic carbocycles. The van der Waals surface area contributed by atoms with Crippen molar-refractivity contribution < 1.29 is 23.1 Å². The number of amides is 1. The second-order valence-corrected chi connectivity index (χ2v) is 8.95. The minimum Gasteiger partial charge on any atom is -0.480 e. The van der Waals surface area contributed by atoms with Crippen LogP contribution in [0.3, 0.4) is 0 Å². The van der Waals surface area contributed by atoms with Crippen molar-refractivity contribution in [3.63, 3.8) is 0 Å². The summed E-state index contributed by atoms with van der Waals surface area (Å²) in [5.74, 6) is -1.26. The maximum atomic E-state index is 12.6. The lowest BCUT2D eigenvalue weighted by atomic mass is 10.0. The first-order valence-electron chi connectivity index (χ1n) is 9.25. The minimum atomic E-state index is -3.55. The molecule has 2 aliphatic heterocycles. The number of benzene rings is 1. The van der Waals surface area contributed by atoms with E-state index in [1.54, 1.807) is 17.0 Å². The van der Waals surface area contributed by atoms with E-state index in [-0.39, 0.29) is 17.3 Å². The lowest BCUT2D eigenvalue weighted by molar-refractivity contribution is -0.145. The summed E-state index contributed by atoms with van der Waals surface area (Å²) in [6.07, 6.45) is 3.95. The molecular formula is C18H25N3O5S. The van der Waals surface area contributed by atoms with E-state index in [2.05, 4.69) is 5.32 Å². The third kappa shape index (κ3) is 4.66. The van der Waals surface area contributed by atoms with Gasteiger partial charge in [-0.1, -0.05) is 12.5 Å². The van der Waals surface area contributed by atoms with Crippen molar-refractivity contribution in [2.24, 2.45) is 0 Å². The summed E-state index contributed by atoms with van der Waals surface area (Å²) in [7, 11) is -3.55. The molecule has 2 saturated heterocycles. The highest BCUT2D eigenvalue weighted by Gasteiger charge is 2.30. The quantitative estimate of drug-likeness (QED) is 0.753. The minimum absolute atomic E-state index is 0.0277. The summed E-state index contributed by atoms with van der Waals surface area (Å²) in [4.78, 5) is 25.5. The molecule has 0 saturated carbocycles. The Labute approximate surface area is 159 Å². The van der Waals surface area contributed by atoms with Crippen molar-refractivity contribution >= 4 is 27.6 Å². The van der Waals surface area contributed by atoms with Gasteiger partial charge in [0.1, 0.15) is 6.04 Å². The van der Waals surface area contributed by atoms with Gasteiger partial charge >= 0.3 is 5.97 Å². The van der Waals surface area contributed by atoms with Gasteiger partial charge in [-0.25, -0.2) is 8.42 Å². The zero-order chi connectivity index (χ0) is 19.4. The van der Waals surface area contributed by atoms with E-state index >= 15 is 0 Å². The number of hydrogen-bond acceptors (Lipinski definition) is 5. The van der Waals surface area contributed by atoms with E-state index in [1.807, 2.05) is 0 Å². The lowest BCUT2D eigenvalue weighted by Gasteiger charge is -2.32. The summed E-state index contributed by atoms with van der Waals surface area (Å²) in [6.45, 7) is 1.57. The van der Waals surface area contributed by atoms with E-state index in [9.17, 15) is 23.1 Å². The Kier molecular flexibility index (Phi) is 6.13. The maximum Gasteiger partial charge on any atom is 0.320 e. The fourth-order valence-corrected chi connectivity index (χ4v) is 5.22. The first-order chi connectivity index (χ1) is 12.9. The van der Waals surface area contributed by atoms with Crippen LogP contribution in [-0.2, 0) is 19.6 Å². The lowest BCUT2D eigenvalue weighted by Crippen LogP contribution is -2.47. The third-order valence-corrected chi connectivity index (χ3v) is 6.96. The van der Waals surface area contributed by atoms with Crippen LogP contribution in [0.4, 0.5) is 5.69 Å². The van der Waals surface area contributed by atoms with Crippen LogP contribution in [0.15, 0.2) is 29.2 Å². The zero-order valence-corrected chi connectivity index (χ0v) is 16.0. The number of carbonyl (C=O) groups excluding carboxylic acids is 1. The Morgan fingerprint density at radius 1 is 1.11 bits per heavy atom. The van der Waals surface area contributed by atoms with Crippen LogP contribution in [0.2, 0.25) is 0 Å². The van der Waals surface area contributed by atoms with Crippen LogP contribution in [0.1, 0.15) is 32.1 Å². The van der Waals surface area contributed by atoms with E-state index in [4.69, 9.17) is 0 Å². The summed E-state index contributed by atoms with van der Waals surface area (Å²) < 4.78 is 26.8. The Hall–Kier alpha value is -1.97. The van der Waals surface area contributed by atoms with Crippen molar-refractivity contribution in [2.75, 3.05) is 31.5 Å². The summed E-state index contributed by atoms with van der Waals surface area (Å²) in [5.41, 5.74) is 0.393. The van der Waals surface area contributed by atoms with Crippen LogP contribution in [-0.4, -0.2) is 66.8 Å².